The van der Waals surface area contributed by atoms with Crippen molar-refractivity contribution < 1.29 is 18.0 Å². The van der Waals surface area contributed by atoms with Crippen LogP contribution in [0, 0.1) is 5.92 Å². The normalized spacial score (nSPS) is 14.8. The zero-order valence-corrected chi connectivity index (χ0v) is 11.2. The Bertz CT molecular complexity index is 620. The standard InChI is InChI=1S/C12H14N2O4S/c1-19(17,18)10-4-2-3-9(7-10)12(16)14-13-11(15)8-5-6-8/h2-4,7-8H,5-6H2,1H3,(H,13,15)(H,14,16). The van der Waals surface area contributed by atoms with E-state index >= 15 is 0 Å². The van der Waals surface area contributed by atoms with Gasteiger partial charge in [0.25, 0.3) is 5.91 Å². The number of amides is 2. The lowest BCUT2D eigenvalue weighted by Crippen LogP contribution is -2.42. The van der Waals surface area contributed by atoms with Gasteiger partial charge in [-0.25, -0.2) is 8.42 Å². The Hall–Kier alpha value is -1.89. The van der Waals surface area contributed by atoms with Crippen molar-refractivity contribution in [2.75, 3.05) is 6.26 Å². The van der Waals surface area contributed by atoms with Crippen molar-refractivity contribution in [1.29, 1.82) is 0 Å². The molecule has 0 unspecified atom stereocenters. The van der Waals surface area contributed by atoms with Crippen LogP contribution in [0.5, 0.6) is 0 Å². The van der Waals surface area contributed by atoms with Crippen molar-refractivity contribution in [3.63, 3.8) is 0 Å². The van der Waals surface area contributed by atoms with Gasteiger partial charge >= 0.3 is 0 Å². The monoisotopic (exact) mass is 282 g/mol. The number of hydrazine groups is 1. The average molecular weight is 282 g/mol. The van der Waals surface area contributed by atoms with Crippen LogP contribution in [0.3, 0.4) is 0 Å². The van der Waals surface area contributed by atoms with Gasteiger partial charge in [-0.15, -0.1) is 0 Å². The van der Waals surface area contributed by atoms with Crippen LogP contribution in [0.25, 0.3) is 0 Å². The highest BCUT2D eigenvalue weighted by Crippen LogP contribution is 2.28. The molecule has 0 spiro atoms. The highest BCUT2D eigenvalue weighted by molar-refractivity contribution is 7.90. The third-order valence-corrected chi connectivity index (χ3v) is 3.88. The zero-order chi connectivity index (χ0) is 14.0. The Morgan fingerprint density at radius 3 is 2.47 bits per heavy atom. The molecule has 0 heterocycles. The molecule has 1 saturated carbocycles. The van der Waals surface area contributed by atoms with Crippen LogP contribution in [0.1, 0.15) is 23.2 Å². The molecule has 1 aliphatic rings. The molecule has 102 valence electrons. The summed E-state index contributed by atoms with van der Waals surface area (Å²) in [5, 5.41) is 0. The summed E-state index contributed by atoms with van der Waals surface area (Å²) in [5.74, 6) is -0.769. The maximum Gasteiger partial charge on any atom is 0.269 e. The molecule has 0 aliphatic heterocycles. The van der Waals surface area contributed by atoms with Gasteiger partial charge in [-0.3, -0.25) is 20.4 Å². The molecule has 6 nitrogen and oxygen atoms in total. The van der Waals surface area contributed by atoms with E-state index in [2.05, 4.69) is 10.9 Å². The van der Waals surface area contributed by atoms with Crippen LogP contribution < -0.4 is 10.9 Å². The minimum atomic E-state index is -3.36. The van der Waals surface area contributed by atoms with Crippen LogP contribution in [0.2, 0.25) is 0 Å². The van der Waals surface area contributed by atoms with E-state index in [1.165, 1.54) is 24.3 Å². The van der Waals surface area contributed by atoms with Gasteiger partial charge in [0, 0.05) is 17.7 Å². The van der Waals surface area contributed by atoms with Crippen molar-refractivity contribution >= 4 is 21.7 Å². The summed E-state index contributed by atoms with van der Waals surface area (Å²) >= 11 is 0. The fourth-order valence-electron chi connectivity index (χ4n) is 1.51. The van der Waals surface area contributed by atoms with Gasteiger partial charge in [-0.1, -0.05) is 6.07 Å². The predicted molar refractivity (Wildman–Crippen MR) is 67.9 cm³/mol. The van der Waals surface area contributed by atoms with E-state index in [1.807, 2.05) is 0 Å². The van der Waals surface area contributed by atoms with Gasteiger partial charge in [0.2, 0.25) is 5.91 Å². The molecule has 0 atom stereocenters. The lowest BCUT2D eigenvalue weighted by molar-refractivity contribution is -0.123. The first-order valence-corrected chi connectivity index (χ1v) is 7.67. The maximum atomic E-state index is 11.8. The summed E-state index contributed by atoms with van der Waals surface area (Å²) in [6.07, 6.45) is 2.75. The molecule has 1 aliphatic carbocycles. The second-order valence-electron chi connectivity index (χ2n) is 4.52. The van der Waals surface area contributed by atoms with E-state index in [0.29, 0.717) is 0 Å². The first kappa shape index (κ1) is 13.5. The van der Waals surface area contributed by atoms with Crippen molar-refractivity contribution in [3.8, 4) is 0 Å². The quantitative estimate of drug-likeness (QED) is 0.778. The Morgan fingerprint density at radius 2 is 1.89 bits per heavy atom. The van der Waals surface area contributed by atoms with Gasteiger partial charge in [0.05, 0.1) is 4.90 Å². The molecular weight excluding hydrogens is 268 g/mol. The van der Waals surface area contributed by atoms with Gasteiger partial charge in [0.1, 0.15) is 0 Å². The summed E-state index contributed by atoms with van der Waals surface area (Å²) in [5.41, 5.74) is 4.76. The van der Waals surface area contributed by atoms with Gasteiger partial charge in [-0.2, -0.15) is 0 Å². The van der Waals surface area contributed by atoms with E-state index < -0.39 is 15.7 Å². The Kier molecular flexibility index (Phi) is 3.57. The Balaban J connectivity index is 2.04. The number of carbonyl (C=O) groups excluding carboxylic acids is 2. The highest BCUT2D eigenvalue weighted by atomic mass is 32.2. The number of hydrogen-bond acceptors (Lipinski definition) is 4. The molecule has 2 rings (SSSR count). The van der Waals surface area contributed by atoms with Crippen molar-refractivity contribution in [1.82, 2.24) is 10.9 Å². The first-order chi connectivity index (χ1) is 8.88. The van der Waals surface area contributed by atoms with E-state index in [0.717, 1.165) is 19.1 Å². The number of nitrogens with one attached hydrogen (secondary N) is 2. The van der Waals surface area contributed by atoms with Crippen LogP contribution >= 0.6 is 0 Å². The number of benzene rings is 1. The zero-order valence-electron chi connectivity index (χ0n) is 10.3. The third kappa shape index (κ3) is 3.54. The average Bonchev–Trinajstić information content (AvgIpc) is 3.19. The van der Waals surface area contributed by atoms with E-state index in [-0.39, 0.29) is 22.3 Å². The first-order valence-electron chi connectivity index (χ1n) is 5.78. The minimum Gasteiger partial charge on any atom is -0.273 e. The molecule has 1 aromatic rings. The fourth-order valence-corrected chi connectivity index (χ4v) is 2.17. The summed E-state index contributed by atoms with van der Waals surface area (Å²) < 4.78 is 22.7. The van der Waals surface area contributed by atoms with Crippen molar-refractivity contribution in [3.05, 3.63) is 29.8 Å². The Morgan fingerprint density at radius 1 is 1.21 bits per heavy atom. The van der Waals surface area contributed by atoms with E-state index in [9.17, 15) is 18.0 Å². The number of rotatable bonds is 3. The molecule has 19 heavy (non-hydrogen) atoms. The molecule has 0 aromatic heterocycles. The molecule has 0 radical (unpaired) electrons. The second-order valence-corrected chi connectivity index (χ2v) is 6.53. The highest BCUT2D eigenvalue weighted by Gasteiger charge is 2.29. The largest absolute Gasteiger partial charge is 0.273 e. The molecule has 1 fully saturated rings. The van der Waals surface area contributed by atoms with Gasteiger partial charge in [-0.05, 0) is 31.0 Å². The fraction of sp³-hybridized carbons (Fsp3) is 0.333. The number of carbonyl (C=O) groups is 2. The van der Waals surface area contributed by atoms with Crippen molar-refractivity contribution in [2.45, 2.75) is 17.7 Å². The molecule has 2 N–H and O–H groups in total. The number of hydrogen-bond donors (Lipinski definition) is 2. The van der Waals surface area contributed by atoms with Gasteiger partial charge in [0.15, 0.2) is 9.84 Å². The second kappa shape index (κ2) is 5.00. The number of sulfone groups is 1. The lowest BCUT2D eigenvalue weighted by Gasteiger charge is -2.07. The van der Waals surface area contributed by atoms with Crippen LogP contribution in [0.15, 0.2) is 29.2 Å². The molecule has 1 aromatic carbocycles. The minimum absolute atomic E-state index is 0.0114. The van der Waals surface area contributed by atoms with Crippen LogP contribution in [0.4, 0.5) is 0 Å². The topological polar surface area (TPSA) is 92.3 Å². The van der Waals surface area contributed by atoms with E-state index in [4.69, 9.17) is 0 Å². The summed E-state index contributed by atoms with van der Waals surface area (Å²) in [6.45, 7) is 0. The molecule has 0 saturated heterocycles. The van der Waals surface area contributed by atoms with Crippen LogP contribution in [-0.2, 0) is 14.6 Å². The molecule has 0 bridgehead atoms. The third-order valence-electron chi connectivity index (χ3n) is 2.77. The lowest BCUT2D eigenvalue weighted by atomic mass is 10.2. The van der Waals surface area contributed by atoms with Crippen LogP contribution in [-0.4, -0.2) is 26.5 Å². The molecule has 7 heteroatoms. The SMILES string of the molecule is CS(=O)(=O)c1cccc(C(=O)NNC(=O)C2CC2)c1. The van der Waals surface area contributed by atoms with E-state index in [1.54, 1.807) is 0 Å². The molecule has 2 amide bonds. The van der Waals surface area contributed by atoms with Gasteiger partial charge < -0.3 is 0 Å². The summed E-state index contributed by atoms with van der Waals surface area (Å²) in [4.78, 5) is 23.2. The predicted octanol–water partition coefficient (Wildman–Crippen LogP) is 0.261. The molecular formula is C12H14N2O4S. The Labute approximate surface area is 111 Å². The van der Waals surface area contributed by atoms with Crippen molar-refractivity contribution in [2.24, 2.45) is 5.92 Å². The smallest absolute Gasteiger partial charge is 0.269 e. The summed E-state index contributed by atoms with van der Waals surface area (Å²) in [7, 11) is -3.36. The summed E-state index contributed by atoms with van der Waals surface area (Å²) in [6, 6.07) is 5.64. The maximum absolute atomic E-state index is 11.8.